The van der Waals surface area contributed by atoms with Crippen LogP contribution in [-0.4, -0.2) is 30.4 Å². The predicted molar refractivity (Wildman–Crippen MR) is 92.6 cm³/mol. The number of hydrogen-bond donors (Lipinski definition) is 1. The standard InChI is InChI=1S/C19H19NO5/c1-13(21)15-7-6-10-17(11-15)24-12-18(22)25-14(2)19(23)20-16-8-4-3-5-9-16/h3-11,14H,12H2,1-2H3,(H,20,23)/t14-/m0/s1. The van der Waals surface area contributed by atoms with Crippen LogP contribution in [0.2, 0.25) is 0 Å². The number of hydrogen-bond acceptors (Lipinski definition) is 5. The third-order valence-electron chi connectivity index (χ3n) is 3.32. The van der Waals surface area contributed by atoms with Crippen molar-refractivity contribution in [1.82, 2.24) is 0 Å². The molecule has 0 radical (unpaired) electrons. The number of rotatable bonds is 7. The van der Waals surface area contributed by atoms with Crippen molar-refractivity contribution < 1.29 is 23.9 Å². The molecule has 0 spiro atoms. The number of nitrogens with one attached hydrogen (secondary N) is 1. The van der Waals surface area contributed by atoms with E-state index in [0.717, 1.165) is 0 Å². The van der Waals surface area contributed by atoms with Crippen molar-refractivity contribution in [3.8, 4) is 5.75 Å². The first kappa shape index (κ1) is 18.2. The second-order valence-electron chi connectivity index (χ2n) is 5.36. The molecule has 1 atom stereocenters. The molecule has 0 aromatic heterocycles. The predicted octanol–water partition coefficient (Wildman–Crippen LogP) is 2.84. The van der Waals surface area contributed by atoms with Gasteiger partial charge in [0.15, 0.2) is 18.5 Å². The van der Waals surface area contributed by atoms with E-state index >= 15 is 0 Å². The van der Waals surface area contributed by atoms with Crippen LogP contribution in [-0.2, 0) is 14.3 Å². The molecule has 6 heteroatoms. The van der Waals surface area contributed by atoms with Gasteiger partial charge in [0.05, 0.1) is 0 Å². The van der Waals surface area contributed by atoms with E-state index < -0.39 is 18.0 Å². The van der Waals surface area contributed by atoms with Crippen LogP contribution >= 0.6 is 0 Å². The molecule has 0 aliphatic rings. The summed E-state index contributed by atoms with van der Waals surface area (Å²) in [4.78, 5) is 35.1. The second kappa shape index (κ2) is 8.63. The Morgan fingerprint density at radius 2 is 1.76 bits per heavy atom. The molecule has 0 saturated heterocycles. The van der Waals surface area contributed by atoms with Crippen LogP contribution in [0, 0.1) is 0 Å². The zero-order valence-corrected chi connectivity index (χ0v) is 14.0. The molecule has 2 rings (SSSR count). The van der Waals surface area contributed by atoms with Gasteiger partial charge >= 0.3 is 5.97 Å². The molecule has 6 nitrogen and oxygen atoms in total. The molecule has 0 heterocycles. The molecule has 25 heavy (non-hydrogen) atoms. The number of benzene rings is 2. The minimum Gasteiger partial charge on any atom is -0.482 e. The summed E-state index contributed by atoms with van der Waals surface area (Å²) in [5, 5.41) is 2.65. The molecule has 0 aliphatic carbocycles. The Morgan fingerprint density at radius 1 is 1.04 bits per heavy atom. The molecule has 1 N–H and O–H groups in total. The lowest BCUT2D eigenvalue weighted by atomic mass is 10.1. The lowest BCUT2D eigenvalue weighted by Gasteiger charge is -2.14. The Kier molecular flexibility index (Phi) is 6.28. The van der Waals surface area contributed by atoms with E-state index in [9.17, 15) is 14.4 Å². The first-order valence-electron chi connectivity index (χ1n) is 7.75. The SMILES string of the molecule is CC(=O)c1cccc(OCC(=O)O[C@@H](C)C(=O)Nc2ccccc2)c1. The van der Waals surface area contributed by atoms with Gasteiger partial charge < -0.3 is 14.8 Å². The van der Waals surface area contributed by atoms with Crippen molar-refractivity contribution in [3.63, 3.8) is 0 Å². The second-order valence-corrected chi connectivity index (χ2v) is 5.36. The van der Waals surface area contributed by atoms with Crippen LogP contribution in [0.3, 0.4) is 0 Å². The number of Topliss-reactive ketones (excluding diaryl/α,β-unsaturated/α-hetero) is 1. The van der Waals surface area contributed by atoms with Crippen molar-refractivity contribution in [1.29, 1.82) is 0 Å². The van der Waals surface area contributed by atoms with Crippen molar-refractivity contribution in [3.05, 3.63) is 60.2 Å². The average Bonchev–Trinajstić information content (AvgIpc) is 2.61. The number of carbonyl (C=O) groups is 3. The molecular formula is C19H19NO5. The fourth-order valence-corrected chi connectivity index (χ4v) is 2.00. The van der Waals surface area contributed by atoms with E-state index in [0.29, 0.717) is 17.0 Å². The molecule has 130 valence electrons. The van der Waals surface area contributed by atoms with Crippen molar-refractivity contribution in [2.75, 3.05) is 11.9 Å². The number of amides is 1. The number of ether oxygens (including phenoxy) is 2. The van der Waals surface area contributed by atoms with Gasteiger partial charge in [0.25, 0.3) is 5.91 Å². The minimum absolute atomic E-state index is 0.0979. The Labute approximate surface area is 145 Å². The maximum atomic E-state index is 12.0. The van der Waals surface area contributed by atoms with Gasteiger partial charge in [0, 0.05) is 11.3 Å². The molecule has 0 aliphatic heterocycles. The van der Waals surface area contributed by atoms with E-state index in [-0.39, 0.29) is 12.4 Å². The summed E-state index contributed by atoms with van der Waals surface area (Å²) in [6, 6.07) is 15.4. The summed E-state index contributed by atoms with van der Waals surface area (Å²) in [5.41, 5.74) is 1.11. The van der Waals surface area contributed by atoms with E-state index in [1.54, 1.807) is 48.5 Å². The van der Waals surface area contributed by atoms with E-state index in [1.165, 1.54) is 13.8 Å². The number of anilines is 1. The molecule has 2 aromatic rings. The molecule has 0 saturated carbocycles. The zero-order valence-electron chi connectivity index (χ0n) is 14.0. The fraction of sp³-hybridized carbons (Fsp3) is 0.211. The first-order valence-corrected chi connectivity index (χ1v) is 7.75. The summed E-state index contributed by atoms with van der Waals surface area (Å²) < 4.78 is 10.3. The zero-order chi connectivity index (χ0) is 18.2. The van der Waals surface area contributed by atoms with Crippen LogP contribution in [0.4, 0.5) is 5.69 Å². The van der Waals surface area contributed by atoms with Crippen molar-refractivity contribution in [2.45, 2.75) is 20.0 Å². The highest BCUT2D eigenvalue weighted by Crippen LogP contribution is 2.14. The van der Waals surface area contributed by atoms with Gasteiger partial charge in [-0.3, -0.25) is 9.59 Å². The third kappa shape index (κ3) is 5.76. The highest BCUT2D eigenvalue weighted by atomic mass is 16.6. The monoisotopic (exact) mass is 341 g/mol. The molecule has 0 fully saturated rings. The number of carbonyl (C=O) groups excluding carboxylic acids is 3. The van der Waals surface area contributed by atoms with Gasteiger partial charge in [0.2, 0.25) is 0 Å². The maximum absolute atomic E-state index is 12.0. The molecule has 1 amide bonds. The third-order valence-corrected chi connectivity index (χ3v) is 3.32. The minimum atomic E-state index is -0.958. The first-order chi connectivity index (χ1) is 12.0. The Bertz CT molecular complexity index is 757. The normalized spacial score (nSPS) is 11.3. The van der Waals surface area contributed by atoms with Gasteiger partial charge in [-0.15, -0.1) is 0 Å². The number of para-hydroxylation sites is 1. The van der Waals surface area contributed by atoms with Crippen LogP contribution in [0.15, 0.2) is 54.6 Å². The van der Waals surface area contributed by atoms with Gasteiger partial charge in [-0.25, -0.2) is 4.79 Å². The van der Waals surface area contributed by atoms with E-state index in [4.69, 9.17) is 9.47 Å². The topological polar surface area (TPSA) is 81.7 Å². The van der Waals surface area contributed by atoms with Gasteiger partial charge in [-0.2, -0.15) is 0 Å². The number of ketones is 1. The van der Waals surface area contributed by atoms with Gasteiger partial charge in [-0.05, 0) is 38.1 Å². The average molecular weight is 341 g/mol. The van der Waals surface area contributed by atoms with Crippen molar-refractivity contribution in [2.24, 2.45) is 0 Å². The molecule has 0 unspecified atom stereocenters. The van der Waals surface area contributed by atoms with Crippen LogP contribution < -0.4 is 10.1 Å². The number of esters is 1. The highest BCUT2D eigenvalue weighted by Gasteiger charge is 2.18. The van der Waals surface area contributed by atoms with E-state index in [1.807, 2.05) is 6.07 Å². The fourth-order valence-electron chi connectivity index (χ4n) is 2.00. The maximum Gasteiger partial charge on any atom is 0.344 e. The van der Waals surface area contributed by atoms with Crippen LogP contribution in [0.1, 0.15) is 24.2 Å². The van der Waals surface area contributed by atoms with E-state index in [2.05, 4.69) is 5.32 Å². The van der Waals surface area contributed by atoms with Gasteiger partial charge in [-0.1, -0.05) is 30.3 Å². The Balaban J connectivity index is 1.82. The van der Waals surface area contributed by atoms with Crippen LogP contribution in [0.5, 0.6) is 5.75 Å². The highest BCUT2D eigenvalue weighted by molar-refractivity contribution is 5.95. The van der Waals surface area contributed by atoms with Gasteiger partial charge in [0.1, 0.15) is 5.75 Å². The summed E-state index contributed by atoms with van der Waals surface area (Å²) in [7, 11) is 0. The van der Waals surface area contributed by atoms with Crippen LogP contribution in [0.25, 0.3) is 0 Å². The Morgan fingerprint density at radius 3 is 2.44 bits per heavy atom. The Hall–Kier alpha value is -3.15. The smallest absolute Gasteiger partial charge is 0.344 e. The summed E-state index contributed by atoms with van der Waals surface area (Å²) in [5.74, 6) is -0.827. The van der Waals surface area contributed by atoms with Crippen molar-refractivity contribution >= 4 is 23.3 Å². The lowest BCUT2D eigenvalue weighted by Crippen LogP contribution is -2.31. The molecular weight excluding hydrogens is 322 g/mol. The molecule has 0 bridgehead atoms. The quantitative estimate of drug-likeness (QED) is 0.618. The summed E-state index contributed by atoms with van der Waals surface area (Å²) in [6.45, 7) is 2.57. The lowest BCUT2D eigenvalue weighted by molar-refractivity contribution is -0.155. The molecule has 2 aromatic carbocycles. The summed E-state index contributed by atoms with van der Waals surface area (Å²) in [6.07, 6.45) is -0.958. The largest absolute Gasteiger partial charge is 0.482 e. The summed E-state index contributed by atoms with van der Waals surface area (Å²) >= 11 is 0.